The molecule has 0 aliphatic rings. The largest absolute Gasteiger partial charge is 0.379 e. The molecule has 0 heterocycles. The fourth-order valence-electron chi connectivity index (χ4n) is 3.05. The Hall–Kier alpha value is -1.35. The Kier molecular flexibility index (Phi) is 5.04. The fourth-order valence-corrected chi connectivity index (χ4v) is 3.25. The standard InChI is InChI=1S/C18H22ClNO/c1-13-7-3-5-9-15(13)18(2,12-17(20)21)11-14-8-4-6-10-16(14)19/h3-10,17,21H,11-12,20H2,1-2H3/t17-,18?/m1/s1. The van der Waals surface area contributed by atoms with Crippen LogP contribution < -0.4 is 5.73 Å². The Bertz CT molecular complexity index is 612. The molecule has 2 aromatic rings. The summed E-state index contributed by atoms with van der Waals surface area (Å²) in [7, 11) is 0. The smallest absolute Gasteiger partial charge is 0.103 e. The number of halogens is 1. The second kappa shape index (κ2) is 6.61. The number of hydrogen-bond donors (Lipinski definition) is 2. The molecule has 0 saturated heterocycles. The van der Waals surface area contributed by atoms with Crippen molar-refractivity contribution >= 4 is 11.6 Å². The quantitative estimate of drug-likeness (QED) is 0.825. The molecule has 2 atom stereocenters. The Morgan fingerprint density at radius 2 is 1.76 bits per heavy atom. The van der Waals surface area contributed by atoms with E-state index in [-0.39, 0.29) is 5.41 Å². The molecule has 0 aromatic heterocycles. The molecule has 0 aliphatic carbocycles. The highest BCUT2D eigenvalue weighted by Crippen LogP contribution is 2.36. The van der Waals surface area contributed by atoms with E-state index in [0.717, 1.165) is 17.0 Å². The second-order valence-corrected chi connectivity index (χ2v) is 6.32. The van der Waals surface area contributed by atoms with E-state index in [2.05, 4.69) is 26.0 Å². The number of rotatable bonds is 5. The Balaban J connectivity index is 2.43. The van der Waals surface area contributed by atoms with Gasteiger partial charge in [-0.25, -0.2) is 0 Å². The minimum Gasteiger partial charge on any atom is -0.379 e. The van der Waals surface area contributed by atoms with Crippen LogP contribution in [0.3, 0.4) is 0 Å². The summed E-state index contributed by atoms with van der Waals surface area (Å²) in [6.07, 6.45) is 0.381. The van der Waals surface area contributed by atoms with E-state index in [9.17, 15) is 5.11 Å². The van der Waals surface area contributed by atoms with E-state index in [1.165, 1.54) is 11.1 Å². The first-order valence-corrected chi connectivity index (χ1v) is 7.53. The molecule has 3 heteroatoms. The minimum absolute atomic E-state index is 0.259. The van der Waals surface area contributed by atoms with Crippen LogP contribution in [0.4, 0.5) is 0 Å². The van der Waals surface area contributed by atoms with Gasteiger partial charge in [0.15, 0.2) is 0 Å². The van der Waals surface area contributed by atoms with Crippen molar-refractivity contribution in [1.29, 1.82) is 0 Å². The molecule has 0 amide bonds. The lowest BCUT2D eigenvalue weighted by Gasteiger charge is -2.33. The van der Waals surface area contributed by atoms with Gasteiger partial charge in [0.1, 0.15) is 6.23 Å². The van der Waals surface area contributed by atoms with Gasteiger partial charge in [-0.05, 0) is 42.5 Å². The molecular weight excluding hydrogens is 282 g/mol. The first-order valence-electron chi connectivity index (χ1n) is 7.15. The van der Waals surface area contributed by atoms with Gasteiger partial charge in [0, 0.05) is 10.4 Å². The van der Waals surface area contributed by atoms with Gasteiger partial charge in [-0.2, -0.15) is 0 Å². The molecule has 0 fully saturated rings. The van der Waals surface area contributed by atoms with Crippen molar-refractivity contribution in [2.45, 2.75) is 38.3 Å². The molecule has 2 rings (SSSR count). The minimum atomic E-state index is -0.850. The number of aliphatic hydroxyl groups is 1. The summed E-state index contributed by atoms with van der Waals surface area (Å²) < 4.78 is 0. The summed E-state index contributed by atoms with van der Waals surface area (Å²) in [6, 6.07) is 16.1. The first-order chi connectivity index (χ1) is 9.92. The van der Waals surface area contributed by atoms with Gasteiger partial charge >= 0.3 is 0 Å². The van der Waals surface area contributed by atoms with Crippen LogP contribution in [-0.2, 0) is 11.8 Å². The highest BCUT2D eigenvalue weighted by atomic mass is 35.5. The van der Waals surface area contributed by atoms with Gasteiger partial charge in [-0.3, -0.25) is 0 Å². The fraction of sp³-hybridized carbons (Fsp3) is 0.333. The number of nitrogens with two attached hydrogens (primary N) is 1. The number of hydrogen-bond acceptors (Lipinski definition) is 2. The van der Waals surface area contributed by atoms with Gasteiger partial charge in [0.05, 0.1) is 0 Å². The number of aliphatic hydroxyl groups excluding tert-OH is 1. The van der Waals surface area contributed by atoms with Crippen LogP contribution in [0.25, 0.3) is 0 Å². The third-order valence-electron chi connectivity index (χ3n) is 3.99. The molecule has 0 aliphatic heterocycles. The third kappa shape index (κ3) is 3.85. The molecule has 0 bridgehead atoms. The van der Waals surface area contributed by atoms with E-state index in [4.69, 9.17) is 17.3 Å². The van der Waals surface area contributed by atoms with Crippen molar-refractivity contribution in [3.8, 4) is 0 Å². The maximum absolute atomic E-state index is 9.73. The Morgan fingerprint density at radius 1 is 1.14 bits per heavy atom. The summed E-state index contributed by atoms with van der Waals surface area (Å²) >= 11 is 6.30. The average molecular weight is 304 g/mol. The monoisotopic (exact) mass is 303 g/mol. The highest BCUT2D eigenvalue weighted by molar-refractivity contribution is 6.31. The molecule has 1 unspecified atom stereocenters. The molecular formula is C18H22ClNO. The van der Waals surface area contributed by atoms with Crippen molar-refractivity contribution in [2.24, 2.45) is 5.73 Å². The van der Waals surface area contributed by atoms with E-state index in [0.29, 0.717) is 6.42 Å². The van der Waals surface area contributed by atoms with Crippen molar-refractivity contribution in [3.05, 3.63) is 70.2 Å². The Morgan fingerprint density at radius 3 is 2.38 bits per heavy atom. The zero-order chi connectivity index (χ0) is 15.5. The van der Waals surface area contributed by atoms with Crippen molar-refractivity contribution in [2.75, 3.05) is 0 Å². The lowest BCUT2D eigenvalue weighted by molar-refractivity contribution is 0.140. The maximum atomic E-state index is 9.73. The second-order valence-electron chi connectivity index (χ2n) is 5.92. The number of benzene rings is 2. The van der Waals surface area contributed by atoms with Crippen LogP contribution in [0, 0.1) is 6.92 Å². The van der Waals surface area contributed by atoms with E-state index in [1.54, 1.807) is 0 Å². The summed E-state index contributed by atoms with van der Waals surface area (Å²) in [6.45, 7) is 4.22. The number of aryl methyl sites for hydroxylation is 1. The molecule has 2 aromatic carbocycles. The molecule has 0 radical (unpaired) electrons. The zero-order valence-corrected chi connectivity index (χ0v) is 13.3. The molecule has 21 heavy (non-hydrogen) atoms. The Labute approximate surface area is 131 Å². The van der Waals surface area contributed by atoms with Gasteiger partial charge in [-0.1, -0.05) is 61.0 Å². The summed E-state index contributed by atoms with van der Waals surface area (Å²) in [5.74, 6) is 0. The van der Waals surface area contributed by atoms with Crippen molar-refractivity contribution in [1.82, 2.24) is 0 Å². The normalized spacial score (nSPS) is 15.5. The van der Waals surface area contributed by atoms with Crippen LogP contribution >= 0.6 is 11.6 Å². The van der Waals surface area contributed by atoms with E-state index in [1.807, 2.05) is 36.4 Å². The van der Waals surface area contributed by atoms with Gasteiger partial charge in [-0.15, -0.1) is 0 Å². The SMILES string of the molecule is Cc1ccccc1C(C)(Cc1ccccc1Cl)C[C@H](N)O. The van der Waals surface area contributed by atoms with E-state index >= 15 is 0 Å². The van der Waals surface area contributed by atoms with Gasteiger partial charge < -0.3 is 10.8 Å². The average Bonchev–Trinajstić information content (AvgIpc) is 2.41. The maximum Gasteiger partial charge on any atom is 0.103 e. The summed E-state index contributed by atoms with van der Waals surface area (Å²) in [5.41, 5.74) is 8.90. The molecule has 2 nitrogen and oxygen atoms in total. The molecule has 112 valence electrons. The first kappa shape index (κ1) is 16.0. The zero-order valence-electron chi connectivity index (χ0n) is 12.5. The summed E-state index contributed by atoms with van der Waals surface area (Å²) in [4.78, 5) is 0. The van der Waals surface area contributed by atoms with Crippen LogP contribution in [0.15, 0.2) is 48.5 Å². The van der Waals surface area contributed by atoms with Crippen molar-refractivity contribution in [3.63, 3.8) is 0 Å². The van der Waals surface area contributed by atoms with Crippen LogP contribution in [0.5, 0.6) is 0 Å². The lowest BCUT2D eigenvalue weighted by Crippen LogP contribution is -2.35. The summed E-state index contributed by atoms with van der Waals surface area (Å²) in [5, 5.41) is 10.5. The van der Waals surface area contributed by atoms with Crippen LogP contribution in [-0.4, -0.2) is 11.3 Å². The van der Waals surface area contributed by atoms with E-state index < -0.39 is 6.23 Å². The third-order valence-corrected chi connectivity index (χ3v) is 4.36. The molecule has 3 N–H and O–H groups in total. The van der Waals surface area contributed by atoms with Crippen LogP contribution in [0.1, 0.15) is 30.0 Å². The van der Waals surface area contributed by atoms with Gasteiger partial charge in [0.2, 0.25) is 0 Å². The predicted octanol–water partition coefficient (Wildman–Crippen LogP) is 3.82. The predicted molar refractivity (Wildman–Crippen MR) is 88.5 cm³/mol. The van der Waals surface area contributed by atoms with Crippen LogP contribution in [0.2, 0.25) is 5.02 Å². The van der Waals surface area contributed by atoms with Gasteiger partial charge in [0.25, 0.3) is 0 Å². The lowest BCUT2D eigenvalue weighted by atomic mass is 9.73. The highest BCUT2D eigenvalue weighted by Gasteiger charge is 2.30. The molecule has 0 spiro atoms. The topological polar surface area (TPSA) is 46.2 Å². The molecule has 0 saturated carbocycles. The van der Waals surface area contributed by atoms with Crippen molar-refractivity contribution < 1.29 is 5.11 Å².